The van der Waals surface area contributed by atoms with E-state index in [0.29, 0.717) is 5.92 Å². The highest BCUT2D eigenvalue weighted by molar-refractivity contribution is 6.31. The van der Waals surface area contributed by atoms with E-state index in [0.717, 1.165) is 59.3 Å². The van der Waals surface area contributed by atoms with Crippen molar-refractivity contribution in [3.05, 3.63) is 47.0 Å². The number of aliphatic imine (C=N–C) groups is 1. The molecule has 1 N–H and O–H groups in total. The number of likely N-dealkylation sites (tertiary alicyclic amines) is 1. The highest BCUT2D eigenvalue weighted by atomic mass is 35.5. The first-order valence-electron chi connectivity index (χ1n) is 8.67. The Morgan fingerprint density at radius 1 is 1.04 bits per heavy atom. The summed E-state index contributed by atoms with van der Waals surface area (Å²) in [4.78, 5) is 9.50. The van der Waals surface area contributed by atoms with Gasteiger partial charge in [0.05, 0.1) is 22.8 Å². The number of benzene rings is 2. The Morgan fingerprint density at radius 3 is 2.56 bits per heavy atom. The molecule has 2 aromatic carbocycles. The van der Waals surface area contributed by atoms with Gasteiger partial charge in [0.25, 0.3) is 0 Å². The summed E-state index contributed by atoms with van der Waals surface area (Å²) in [6, 6.07) is 11.3. The maximum atomic E-state index is 9.93. The average molecular weight is 356 g/mol. The van der Waals surface area contributed by atoms with Crippen molar-refractivity contribution in [2.75, 3.05) is 32.1 Å². The molecule has 1 saturated heterocycles. The Morgan fingerprint density at radius 2 is 1.80 bits per heavy atom. The summed E-state index contributed by atoms with van der Waals surface area (Å²) >= 11 is 6.32. The zero-order valence-corrected chi connectivity index (χ0v) is 15.3. The molecule has 2 aliphatic heterocycles. The van der Waals surface area contributed by atoms with Crippen molar-refractivity contribution in [3.8, 4) is 5.75 Å². The fourth-order valence-corrected chi connectivity index (χ4v) is 3.97. The molecule has 0 amide bonds. The SMILES string of the molecule is CN1CCC(C2=Nc3ccc(O)cc3N(C)c3ccc(Cl)cc32)CC1. The van der Waals surface area contributed by atoms with Crippen LogP contribution in [0.5, 0.6) is 5.75 Å². The summed E-state index contributed by atoms with van der Waals surface area (Å²) in [7, 11) is 4.18. The lowest BCUT2D eigenvalue weighted by molar-refractivity contribution is 0.252. The molecule has 1 fully saturated rings. The number of piperidine rings is 1. The van der Waals surface area contributed by atoms with Crippen LogP contribution in [-0.4, -0.2) is 42.9 Å². The molecule has 0 aliphatic carbocycles. The number of halogens is 1. The van der Waals surface area contributed by atoms with Gasteiger partial charge in [-0.2, -0.15) is 0 Å². The van der Waals surface area contributed by atoms with E-state index in [9.17, 15) is 5.11 Å². The molecule has 2 aromatic rings. The first-order chi connectivity index (χ1) is 12.0. The van der Waals surface area contributed by atoms with Crippen molar-refractivity contribution in [2.45, 2.75) is 12.8 Å². The lowest BCUT2D eigenvalue weighted by Crippen LogP contribution is -2.34. The minimum Gasteiger partial charge on any atom is -0.508 e. The average Bonchev–Trinajstić information content (AvgIpc) is 2.71. The number of hydrogen-bond acceptors (Lipinski definition) is 4. The number of anilines is 2. The van der Waals surface area contributed by atoms with Crippen LogP contribution < -0.4 is 4.90 Å². The zero-order chi connectivity index (χ0) is 17.6. The number of fused-ring (bicyclic) bond motifs is 2. The zero-order valence-electron chi connectivity index (χ0n) is 14.5. The van der Waals surface area contributed by atoms with Crippen LogP contribution in [0.4, 0.5) is 17.1 Å². The second-order valence-electron chi connectivity index (χ2n) is 6.97. The number of rotatable bonds is 1. The molecule has 0 spiro atoms. The number of phenolic OH excluding ortho intramolecular Hbond substituents is 1. The Labute approximate surface area is 153 Å². The van der Waals surface area contributed by atoms with Crippen molar-refractivity contribution >= 4 is 34.4 Å². The summed E-state index contributed by atoms with van der Waals surface area (Å²) < 4.78 is 0. The van der Waals surface area contributed by atoms with Crippen molar-refractivity contribution in [2.24, 2.45) is 10.9 Å². The van der Waals surface area contributed by atoms with Gasteiger partial charge in [-0.15, -0.1) is 0 Å². The molecule has 0 saturated carbocycles. The van der Waals surface area contributed by atoms with Crippen LogP contribution in [0.15, 0.2) is 41.4 Å². The molecular weight excluding hydrogens is 334 g/mol. The Hall–Kier alpha value is -2.04. The fourth-order valence-electron chi connectivity index (χ4n) is 3.79. The van der Waals surface area contributed by atoms with Gasteiger partial charge < -0.3 is 14.9 Å². The summed E-state index contributed by atoms with van der Waals surface area (Å²) in [6.45, 7) is 2.16. The van der Waals surface area contributed by atoms with Crippen LogP contribution in [-0.2, 0) is 0 Å². The first kappa shape index (κ1) is 16.4. The lowest BCUT2D eigenvalue weighted by Gasteiger charge is -2.30. The third-order valence-corrected chi connectivity index (χ3v) is 5.50. The topological polar surface area (TPSA) is 39.1 Å². The largest absolute Gasteiger partial charge is 0.508 e. The molecule has 4 nitrogen and oxygen atoms in total. The van der Waals surface area contributed by atoms with E-state index in [1.54, 1.807) is 12.1 Å². The highest BCUT2D eigenvalue weighted by Crippen LogP contribution is 2.42. The van der Waals surface area contributed by atoms with Crippen molar-refractivity contribution in [1.29, 1.82) is 0 Å². The maximum Gasteiger partial charge on any atom is 0.117 e. The van der Waals surface area contributed by atoms with Gasteiger partial charge in [-0.3, -0.25) is 4.99 Å². The van der Waals surface area contributed by atoms with Gasteiger partial charge in [0, 0.05) is 29.6 Å². The van der Waals surface area contributed by atoms with E-state index in [1.165, 1.54) is 0 Å². The molecule has 4 rings (SSSR count). The molecule has 0 bridgehead atoms. The van der Waals surface area contributed by atoms with E-state index in [-0.39, 0.29) is 5.75 Å². The highest BCUT2D eigenvalue weighted by Gasteiger charge is 2.28. The van der Waals surface area contributed by atoms with E-state index in [1.807, 2.05) is 31.3 Å². The second-order valence-corrected chi connectivity index (χ2v) is 7.40. The van der Waals surface area contributed by atoms with Crippen molar-refractivity contribution < 1.29 is 5.11 Å². The van der Waals surface area contributed by atoms with Crippen molar-refractivity contribution in [3.63, 3.8) is 0 Å². The van der Waals surface area contributed by atoms with E-state index >= 15 is 0 Å². The lowest BCUT2D eigenvalue weighted by atomic mass is 9.87. The van der Waals surface area contributed by atoms with Gasteiger partial charge in [0.1, 0.15) is 5.75 Å². The summed E-state index contributed by atoms with van der Waals surface area (Å²) in [5.74, 6) is 0.667. The van der Waals surface area contributed by atoms with E-state index in [2.05, 4.69) is 16.8 Å². The molecule has 0 atom stereocenters. The van der Waals surface area contributed by atoms with Crippen LogP contribution in [0, 0.1) is 5.92 Å². The normalized spacial score (nSPS) is 18.4. The number of aromatic hydroxyl groups is 1. The monoisotopic (exact) mass is 355 g/mol. The maximum absolute atomic E-state index is 9.93. The van der Waals surface area contributed by atoms with Gasteiger partial charge in [0.15, 0.2) is 0 Å². The first-order valence-corrected chi connectivity index (χ1v) is 9.04. The molecule has 0 unspecified atom stereocenters. The second kappa shape index (κ2) is 6.36. The van der Waals surface area contributed by atoms with Crippen LogP contribution in [0.25, 0.3) is 0 Å². The number of nitrogens with zero attached hydrogens (tertiary/aromatic N) is 3. The van der Waals surface area contributed by atoms with Gasteiger partial charge >= 0.3 is 0 Å². The molecule has 2 heterocycles. The van der Waals surface area contributed by atoms with Gasteiger partial charge in [-0.05, 0) is 63.3 Å². The van der Waals surface area contributed by atoms with Crippen LogP contribution in [0.2, 0.25) is 5.02 Å². The number of hydrogen-bond donors (Lipinski definition) is 1. The number of phenols is 1. The third-order valence-electron chi connectivity index (χ3n) is 5.26. The van der Waals surface area contributed by atoms with Crippen LogP contribution in [0.3, 0.4) is 0 Å². The fraction of sp³-hybridized carbons (Fsp3) is 0.350. The molecule has 130 valence electrons. The van der Waals surface area contributed by atoms with Gasteiger partial charge in [0.2, 0.25) is 0 Å². The van der Waals surface area contributed by atoms with Crippen LogP contribution >= 0.6 is 11.6 Å². The quantitative estimate of drug-likeness (QED) is 0.813. The predicted octanol–water partition coefficient (Wildman–Crippen LogP) is 4.59. The van der Waals surface area contributed by atoms with E-state index < -0.39 is 0 Å². The minimum atomic E-state index is 0.249. The molecule has 0 aromatic heterocycles. The molecule has 0 radical (unpaired) electrons. The summed E-state index contributed by atoms with van der Waals surface area (Å²) in [5.41, 5.74) is 5.08. The molecule has 2 aliphatic rings. The molecule has 5 heteroatoms. The summed E-state index contributed by atoms with van der Waals surface area (Å²) in [6.07, 6.45) is 2.19. The van der Waals surface area contributed by atoms with Crippen molar-refractivity contribution in [1.82, 2.24) is 4.90 Å². The smallest absolute Gasteiger partial charge is 0.117 e. The van der Waals surface area contributed by atoms with Gasteiger partial charge in [-0.1, -0.05) is 11.6 Å². The van der Waals surface area contributed by atoms with Crippen LogP contribution in [0.1, 0.15) is 18.4 Å². The Kier molecular flexibility index (Phi) is 4.18. The molecule has 25 heavy (non-hydrogen) atoms. The summed E-state index contributed by atoms with van der Waals surface area (Å²) in [5, 5.41) is 10.7. The standard InChI is InChI=1S/C20H22ClN3O/c1-23-9-7-13(8-10-23)20-16-11-14(21)3-6-18(16)24(2)19-12-15(25)4-5-17(19)22-20/h3-6,11-13,25H,7-10H2,1-2H3. The molecular formula is C20H22ClN3O. The Bertz CT molecular complexity index is 841. The third kappa shape index (κ3) is 3.00. The Balaban J connectivity index is 1.89. The van der Waals surface area contributed by atoms with E-state index in [4.69, 9.17) is 16.6 Å². The minimum absolute atomic E-state index is 0.249. The van der Waals surface area contributed by atoms with Gasteiger partial charge in [-0.25, -0.2) is 0 Å². The predicted molar refractivity (Wildman–Crippen MR) is 104 cm³/mol.